The molecule has 12 rings (SSSR count). The van der Waals surface area contributed by atoms with E-state index in [1.54, 1.807) is 0 Å². The molecule has 2 nitrogen and oxygen atoms in total. The van der Waals surface area contributed by atoms with Crippen LogP contribution in [0.4, 0.5) is 17.1 Å². The molecule has 0 saturated carbocycles. The number of thiophene rings is 1. The second kappa shape index (κ2) is 14.5. The molecule has 0 aliphatic carbocycles. The average molecular weight is 796 g/mol. The lowest BCUT2D eigenvalue weighted by Crippen LogP contribution is -2.11. The van der Waals surface area contributed by atoms with Gasteiger partial charge < -0.3 is 9.32 Å². The Bertz CT molecular complexity index is 3570. The molecule has 0 unspecified atom stereocenters. The van der Waals surface area contributed by atoms with Crippen molar-refractivity contribution in [2.75, 3.05) is 4.90 Å². The van der Waals surface area contributed by atoms with Crippen LogP contribution in [0.15, 0.2) is 229 Å². The first-order chi connectivity index (χ1) is 30.3. The van der Waals surface area contributed by atoms with Gasteiger partial charge in [-0.2, -0.15) is 0 Å². The maximum absolute atomic E-state index is 6.84. The minimum atomic E-state index is 0.870. The second-order valence-corrected chi connectivity index (χ2v) is 16.7. The smallest absolute Gasteiger partial charge is 0.145 e. The van der Waals surface area contributed by atoms with Gasteiger partial charge in [-0.05, 0) is 98.2 Å². The van der Waals surface area contributed by atoms with Crippen LogP contribution in [0.5, 0.6) is 0 Å². The van der Waals surface area contributed by atoms with Crippen molar-refractivity contribution in [2.24, 2.45) is 0 Å². The molecule has 12 aromatic rings. The fourth-order valence-corrected chi connectivity index (χ4v) is 10.4. The summed E-state index contributed by atoms with van der Waals surface area (Å²) in [5, 5.41) is 7.14. The van der Waals surface area contributed by atoms with Gasteiger partial charge in [-0.1, -0.05) is 176 Å². The molecular weight excluding hydrogens is 759 g/mol. The highest BCUT2D eigenvalue weighted by molar-refractivity contribution is 7.26. The number of hydrogen-bond donors (Lipinski definition) is 0. The lowest BCUT2D eigenvalue weighted by atomic mass is 9.89. The number of nitrogens with zero attached hydrogens (tertiary/aromatic N) is 1. The van der Waals surface area contributed by atoms with E-state index >= 15 is 0 Å². The van der Waals surface area contributed by atoms with E-state index in [1.807, 2.05) is 11.3 Å². The lowest BCUT2D eigenvalue weighted by molar-refractivity contribution is 0.670. The molecular formula is C58H37NOS. The Morgan fingerprint density at radius 2 is 0.984 bits per heavy atom. The number of fused-ring (bicyclic) bond motifs is 7. The molecule has 0 N–H and O–H groups in total. The fraction of sp³-hybridized carbons (Fsp3) is 0. The minimum absolute atomic E-state index is 0.870. The Labute approximate surface area is 357 Å². The van der Waals surface area contributed by atoms with Crippen molar-refractivity contribution in [3.8, 4) is 44.5 Å². The van der Waals surface area contributed by atoms with E-state index in [2.05, 4.69) is 229 Å². The van der Waals surface area contributed by atoms with E-state index in [0.29, 0.717) is 0 Å². The van der Waals surface area contributed by atoms with Crippen LogP contribution in [0.3, 0.4) is 0 Å². The summed E-state index contributed by atoms with van der Waals surface area (Å²) < 4.78 is 9.35. The van der Waals surface area contributed by atoms with E-state index in [0.717, 1.165) is 50.1 Å². The Morgan fingerprint density at radius 3 is 1.77 bits per heavy atom. The van der Waals surface area contributed by atoms with Gasteiger partial charge >= 0.3 is 0 Å². The molecule has 0 aliphatic rings. The van der Waals surface area contributed by atoms with Crippen molar-refractivity contribution >= 4 is 81.3 Å². The van der Waals surface area contributed by atoms with Crippen molar-refractivity contribution in [3.05, 3.63) is 224 Å². The van der Waals surface area contributed by atoms with Crippen LogP contribution in [-0.2, 0) is 0 Å². The first-order valence-electron chi connectivity index (χ1n) is 20.7. The van der Waals surface area contributed by atoms with E-state index in [4.69, 9.17) is 4.42 Å². The number of hydrogen-bond acceptors (Lipinski definition) is 3. The average Bonchev–Trinajstić information content (AvgIpc) is 3.92. The summed E-state index contributed by atoms with van der Waals surface area (Å²) in [7, 11) is 0. The maximum Gasteiger partial charge on any atom is 0.145 e. The summed E-state index contributed by atoms with van der Waals surface area (Å²) in [4.78, 5) is 2.46. The van der Waals surface area contributed by atoms with Crippen LogP contribution in [-0.4, -0.2) is 0 Å². The van der Waals surface area contributed by atoms with Crippen LogP contribution in [0.25, 0.3) is 97.4 Å². The quantitative estimate of drug-likeness (QED) is 0.160. The number of rotatable bonds is 7. The number of anilines is 3. The third kappa shape index (κ3) is 5.93. The molecule has 2 heterocycles. The summed E-state index contributed by atoms with van der Waals surface area (Å²) in [6.45, 7) is 0. The molecule has 286 valence electrons. The van der Waals surface area contributed by atoms with Gasteiger partial charge in [0.2, 0.25) is 0 Å². The van der Waals surface area contributed by atoms with E-state index < -0.39 is 0 Å². The highest BCUT2D eigenvalue weighted by Crippen LogP contribution is 2.50. The molecule has 0 radical (unpaired) electrons. The van der Waals surface area contributed by atoms with Gasteiger partial charge in [-0.15, -0.1) is 11.3 Å². The molecule has 0 atom stereocenters. The van der Waals surface area contributed by atoms with Crippen LogP contribution < -0.4 is 4.90 Å². The van der Waals surface area contributed by atoms with Crippen molar-refractivity contribution in [2.45, 2.75) is 0 Å². The highest BCUT2D eigenvalue weighted by atomic mass is 32.1. The molecule has 0 amide bonds. The van der Waals surface area contributed by atoms with Gasteiger partial charge in [-0.3, -0.25) is 0 Å². The Balaban J connectivity index is 1.10. The second-order valence-electron chi connectivity index (χ2n) is 15.6. The van der Waals surface area contributed by atoms with Crippen molar-refractivity contribution in [1.82, 2.24) is 0 Å². The molecule has 2 aromatic heterocycles. The maximum atomic E-state index is 6.84. The first-order valence-corrected chi connectivity index (χ1v) is 21.6. The summed E-state index contributed by atoms with van der Waals surface area (Å²) in [5.74, 6) is 0. The fourth-order valence-electron chi connectivity index (χ4n) is 9.27. The Kier molecular flexibility index (Phi) is 8.39. The molecule has 0 aliphatic heterocycles. The predicted octanol–water partition coefficient (Wildman–Crippen LogP) is 17.2. The van der Waals surface area contributed by atoms with Gasteiger partial charge in [0.15, 0.2) is 0 Å². The lowest BCUT2D eigenvalue weighted by Gasteiger charge is -2.28. The zero-order valence-corrected chi connectivity index (χ0v) is 33.9. The summed E-state index contributed by atoms with van der Waals surface area (Å²) in [5.41, 5.74) is 14.5. The number of benzene rings is 10. The molecule has 0 saturated heterocycles. The largest absolute Gasteiger partial charge is 0.455 e. The van der Waals surface area contributed by atoms with Crippen LogP contribution in [0, 0.1) is 0 Å². The molecule has 61 heavy (non-hydrogen) atoms. The molecule has 10 aromatic carbocycles. The van der Waals surface area contributed by atoms with Gasteiger partial charge in [0, 0.05) is 36.8 Å². The standard InChI is InChI=1S/C58H37NOS/c1-4-15-38(16-5-1)43-30-34-49-54(37-43)61-53-26-14-24-50(56(49)53)59(51-36-35-47(39-17-6-2-7-18-39)58-57(51)48-23-12-13-25-52(48)60-58)44-31-27-41(28-32-44)46-33-29-40-19-10-11-22-45(40)55(46)42-20-8-3-9-21-42/h1-37H. The summed E-state index contributed by atoms with van der Waals surface area (Å²) in [6.07, 6.45) is 0. The normalized spacial score (nSPS) is 11.6. The van der Waals surface area contributed by atoms with E-state index in [1.165, 1.54) is 64.3 Å². The van der Waals surface area contributed by atoms with Crippen LogP contribution >= 0.6 is 11.3 Å². The molecule has 0 spiro atoms. The Morgan fingerprint density at radius 1 is 0.361 bits per heavy atom. The third-order valence-electron chi connectivity index (χ3n) is 12.1. The van der Waals surface area contributed by atoms with Crippen LogP contribution in [0.2, 0.25) is 0 Å². The van der Waals surface area contributed by atoms with E-state index in [-0.39, 0.29) is 0 Å². The van der Waals surface area contributed by atoms with E-state index in [9.17, 15) is 0 Å². The zero-order chi connectivity index (χ0) is 40.3. The highest BCUT2D eigenvalue weighted by Gasteiger charge is 2.25. The third-order valence-corrected chi connectivity index (χ3v) is 13.2. The predicted molar refractivity (Wildman–Crippen MR) is 261 cm³/mol. The molecule has 0 fully saturated rings. The van der Waals surface area contributed by atoms with Crippen molar-refractivity contribution in [3.63, 3.8) is 0 Å². The van der Waals surface area contributed by atoms with Gasteiger partial charge in [0.1, 0.15) is 11.2 Å². The molecule has 3 heteroatoms. The minimum Gasteiger partial charge on any atom is -0.455 e. The topological polar surface area (TPSA) is 16.4 Å². The van der Waals surface area contributed by atoms with Gasteiger partial charge in [-0.25, -0.2) is 0 Å². The Hall–Kier alpha value is -7.72. The summed E-state index contributed by atoms with van der Waals surface area (Å²) in [6, 6.07) is 81.1. The molecule has 0 bridgehead atoms. The van der Waals surface area contributed by atoms with Crippen LogP contribution in [0.1, 0.15) is 0 Å². The zero-order valence-electron chi connectivity index (χ0n) is 33.1. The number of furan rings is 1. The summed E-state index contributed by atoms with van der Waals surface area (Å²) >= 11 is 1.85. The number of para-hydroxylation sites is 1. The van der Waals surface area contributed by atoms with Gasteiger partial charge in [0.05, 0.1) is 16.8 Å². The SMILES string of the molecule is c1ccc(-c2ccc3c(c2)sc2cccc(N(c4ccc(-c5ccc6ccccc6c5-c5ccccc5)cc4)c4ccc(-c5ccccc5)c5oc6ccccc6c45)c23)cc1. The first kappa shape index (κ1) is 35.2. The van der Waals surface area contributed by atoms with Crippen molar-refractivity contribution in [1.29, 1.82) is 0 Å². The monoisotopic (exact) mass is 795 g/mol. The van der Waals surface area contributed by atoms with Gasteiger partial charge in [0.25, 0.3) is 0 Å². The van der Waals surface area contributed by atoms with Crippen molar-refractivity contribution < 1.29 is 4.42 Å².